The normalized spacial score (nSPS) is 10.8. The van der Waals surface area contributed by atoms with Crippen molar-refractivity contribution in [2.24, 2.45) is 7.05 Å². The predicted octanol–water partition coefficient (Wildman–Crippen LogP) is 3.70. The molecule has 3 aromatic rings. The predicted molar refractivity (Wildman–Crippen MR) is 99.6 cm³/mol. The van der Waals surface area contributed by atoms with Gasteiger partial charge in [0, 0.05) is 18.9 Å². The number of carbonyl (C=O) groups is 1. The standard InChI is InChI=1S/C21H21NO3/c1-3-25-19(23)14-13-17-16-11-7-8-12-18(16)21(24)22(2)20(17)15-9-5-4-6-10-15/h4-12H,3,13-14H2,1-2H3. The average molecular weight is 335 g/mol. The van der Waals surface area contributed by atoms with E-state index in [0.29, 0.717) is 18.4 Å². The first kappa shape index (κ1) is 17.0. The van der Waals surface area contributed by atoms with Gasteiger partial charge < -0.3 is 9.30 Å². The van der Waals surface area contributed by atoms with Crippen LogP contribution >= 0.6 is 0 Å². The minimum absolute atomic E-state index is 0.0330. The van der Waals surface area contributed by atoms with Gasteiger partial charge >= 0.3 is 5.97 Å². The number of ether oxygens (including phenoxy) is 1. The SMILES string of the molecule is CCOC(=O)CCc1c(-c2ccccc2)n(C)c(=O)c2ccccc12. The van der Waals surface area contributed by atoms with Crippen LogP contribution in [-0.2, 0) is 23.0 Å². The molecule has 128 valence electrons. The number of benzene rings is 2. The summed E-state index contributed by atoms with van der Waals surface area (Å²) in [4.78, 5) is 24.6. The molecule has 0 unspecified atom stereocenters. The quantitative estimate of drug-likeness (QED) is 0.668. The second-order valence-corrected chi connectivity index (χ2v) is 5.91. The molecular formula is C21H21NO3. The summed E-state index contributed by atoms with van der Waals surface area (Å²) >= 11 is 0. The first-order valence-corrected chi connectivity index (χ1v) is 8.45. The zero-order valence-corrected chi connectivity index (χ0v) is 14.5. The number of rotatable bonds is 5. The van der Waals surface area contributed by atoms with Gasteiger partial charge in [0.1, 0.15) is 0 Å². The highest BCUT2D eigenvalue weighted by Gasteiger charge is 2.17. The van der Waals surface area contributed by atoms with Crippen molar-refractivity contribution in [3.05, 3.63) is 70.5 Å². The molecule has 1 heterocycles. The van der Waals surface area contributed by atoms with Crippen molar-refractivity contribution in [1.82, 2.24) is 4.57 Å². The van der Waals surface area contributed by atoms with Crippen molar-refractivity contribution in [1.29, 1.82) is 0 Å². The van der Waals surface area contributed by atoms with Gasteiger partial charge in [0.25, 0.3) is 5.56 Å². The maximum absolute atomic E-state index is 12.8. The van der Waals surface area contributed by atoms with Gasteiger partial charge in [0.2, 0.25) is 0 Å². The van der Waals surface area contributed by atoms with E-state index in [1.54, 1.807) is 18.5 Å². The first-order chi connectivity index (χ1) is 12.1. The van der Waals surface area contributed by atoms with Crippen molar-refractivity contribution in [2.75, 3.05) is 6.61 Å². The van der Waals surface area contributed by atoms with Gasteiger partial charge in [-0.25, -0.2) is 0 Å². The van der Waals surface area contributed by atoms with E-state index >= 15 is 0 Å². The molecule has 0 saturated carbocycles. The fourth-order valence-corrected chi connectivity index (χ4v) is 3.22. The van der Waals surface area contributed by atoms with Gasteiger partial charge in [-0.15, -0.1) is 0 Å². The molecule has 0 atom stereocenters. The zero-order chi connectivity index (χ0) is 17.8. The molecule has 0 spiro atoms. The minimum Gasteiger partial charge on any atom is -0.466 e. The number of hydrogen-bond acceptors (Lipinski definition) is 3. The average Bonchev–Trinajstić information content (AvgIpc) is 2.64. The molecule has 0 amide bonds. The van der Waals surface area contributed by atoms with Crippen LogP contribution in [0.5, 0.6) is 0 Å². The topological polar surface area (TPSA) is 48.3 Å². The van der Waals surface area contributed by atoms with Crippen LogP contribution in [0, 0.1) is 0 Å². The molecular weight excluding hydrogens is 314 g/mol. The summed E-state index contributed by atoms with van der Waals surface area (Å²) < 4.78 is 6.75. The number of esters is 1. The van der Waals surface area contributed by atoms with Gasteiger partial charge in [-0.2, -0.15) is 0 Å². The van der Waals surface area contributed by atoms with Gasteiger partial charge in [-0.05, 0) is 35.9 Å². The Kier molecular flexibility index (Phi) is 4.98. The van der Waals surface area contributed by atoms with Gasteiger partial charge in [-0.3, -0.25) is 9.59 Å². The number of pyridine rings is 1. The van der Waals surface area contributed by atoms with Gasteiger partial charge in [0.05, 0.1) is 12.3 Å². The lowest BCUT2D eigenvalue weighted by Crippen LogP contribution is -2.21. The van der Waals surface area contributed by atoms with E-state index in [1.807, 2.05) is 54.6 Å². The van der Waals surface area contributed by atoms with E-state index in [9.17, 15) is 9.59 Å². The molecule has 4 nitrogen and oxygen atoms in total. The Morgan fingerprint density at radius 2 is 1.64 bits per heavy atom. The molecule has 2 aromatic carbocycles. The maximum Gasteiger partial charge on any atom is 0.306 e. The summed E-state index contributed by atoms with van der Waals surface area (Å²) in [5, 5.41) is 1.57. The highest BCUT2D eigenvalue weighted by Crippen LogP contribution is 2.29. The van der Waals surface area contributed by atoms with Crippen LogP contribution in [-0.4, -0.2) is 17.1 Å². The lowest BCUT2D eigenvalue weighted by molar-refractivity contribution is -0.143. The third-order valence-corrected chi connectivity index (χ3v) is 4.34. The van der Waals surface area contributed by atoms with Crippen molar-refractivity contribution < 1.29 is 9.53 Å². The minimum atomic E-state index is -0.223. The second-order valence-electron chi connectivity index (χ2n) is 5.91. The maximum atomic E-state index is 12.8. The van der Waals surface area contributed by atoms with Gasteiger partial charge in [0.15, 0.2) is 0 Å². The molecule has 25 heavy (non-hydrogen) atoms. The Bertz CT molecular complexity index is 958. The smallest absolute Gasteiger partial charge is 0.306 e. The highest BCUT2D eigenvalue weighted by molar-refractivity contribution is 5.90. The monoisotopic (exact) mass is 335 g/mol. The van der Waals surface area contributed by atoms with E-state index in [0.717, 1.165) is 22.2 Å². The Hall–Kier alpha value is -2.88. The van der Waals surface area contributed by atoms with Crippen LogP contribution < -0.4 is 5.56 Å². The fourth-order valence-electron chi connectivity index (χ4n) is 3.22. The number of fused-ring (bicyclic) bond motifs is 1. The number of aromatic nitrogens is 1. The largest absolute Gasteiger partial charge is 0.466 e. The zero-order valence-electron chi connectivity index (χ0n) is 14.5. The lowest BCUT2D eigenvalue weighted by Gasteiger charge is -2.17. The summed E-state index contributed by atoms with van der Waals surface area (Å²) in [6.45, 7) is 2.17. The third-order valence-electron chi connectivity index (χ3n) is 4.34. The molecule has 0 aliphatic heterocycles. The summed E-state index contributed by atoms with van der Waals surface area (Å²) in [5.41, 5.74) is 2.78. The van der Waals surface area contributed by atoms with Crippen molar-refractivity contribution >= 4 is 16.7 Å². The fraction of sp³-hybridized carbons (Fsp3) is 0.238. The Morgan fingerprint density at radius 3 is 2.32 bits per heavy atom. The van der Waals surface area contributed by atoms with Crippen molar-refractivity contribution in [3.8, 4) is 11.3 Å². The molecule has 0 radical (unpaired) electrons. The third kappa shape index (κ3) is 3.33. The number of carbonyl (C=O) groups excluding carboxylic acids is 1. The van der Waals surface area contributed by atoms with Crippen LogP contribution in [0.2, 0.25) is 0 Å². The molecule has 1 aromatic heterocycles. The van der Waals surface area contributed by atoms with E-state index in [-0.39, 0.29) is 17.9 Å². The first-order valence-electron chi connectivity index (χ1n) is 8.45. The molecule has 0 aliphatic rings. The second kappa shape index (κ2) is 7.34. The summed E-state index contributed by atoms with van der Waals surface area (Å²) in [5.74, 6) is -0.223. The van der Waals surface area contributed by atoms with Gasteiger partial charge in [-0.1, -0.05) is 48.5 Å². The summed E-state index contributed by atoms with van der Waals surface area (Å²) in [6, 6.07) is 17.4. The number of aryl methyl sites for hydroxylation is 1. The van der Waals surface area contributed by atoms with Crippen LogP contribution in [0.15, 0.2) is 59.4 Å². The Labute approximate surface area is 146 Å². The number of hydrogen-bond donors (Lipinski definition) is 0. The molecule has 0 aliphatic carbocycles. The molecule has 0 N–H and O–H groups in total. The van der Waals surface area contributed by atoms with E-state index in [2.05, 4.69) is 0 Å². The molecule has 0 fully saturated rings. The molecule has 4 heteroatoms. The summed E-state index contributed by atoms with van der Waals surface area (Å²) in [7, 11) is 1.78. The van der Waals surface area contributed by atoms with Crippen molar-refractivity contribution in [2.45, 2.75) is 19.8 Å². The molecule has 0 saturated heterocycles. The van der Waals surface area contributed by atoms with E-state index in [4.69, 9.17) is 4.74 Å². The Balaban J connectivity index is 2.22. The highest BCUT2D eigenvalue weighted by atomic mass is 16.5. The lowest BCUT2D eigenvalue weighted by atomic mass is 9.96. The van der Waals surface area contributed by atoms with Crippen molar-refractivity contribution in [3.63, 3.8) is 0 Å². The molecule has 3 rings (SSSR count). The van der Waals surface area contributed by atoms with Crippen LogP contribution in [0.1, 0.15) is 18.9 Å². The van der Waals surface area contributed by atoms with Crippen LogP contribution in [0.4, 0.5) is 0 Å². The summed E-state index contributed by atoms with van der Waals surface area (Å²) in [6.07, 6.45) is 0.813. The molecule has 0 bridgehead atoms. The van der Waals surface area contributed by atoms with E-state index < -0.39 is 0 Å². The number of nitrogens with zero attached hydrogens (tertiary/aromatic N) is 1. The van der Waals surface area contributed by atoms with Crippen LogP contribution in [0.3, 0.4) is 0 Å². The van der Waals surface area contributed by atoms with E-state index in [1.165, 1.54) is 0 Å². The Morgan fingerprint density at radius 1 is 1.00 bits per heavy atom. The van der Waals surface area contributed by atoms with Crippen LogP contribution in [0.25, 0.3) is 22.0 Å².